The van der Waals surface area contributed by atoms with Crippen molar-refractivity contribution >= 4 is 17.4 Å². The van der Waals surface area contributed by atoms with Crippen LogP contribution in [0.5, 0.6) is 0 Å². The largest absolute Gasteiger partial charge is 0.523 e. The van der Waals surface area contributed by atoms with E-state index in [4.69, 9.17) is 0 Å². The maximum atomic E-state index is 13.8. The summed E-state index contributed by atoms with van der Waals surface area (Å²) < 4.78 is 44.5. The molecule has 7 nitrogen and oxygen atoms in total. The Hall–Kier alpha value is -3.92. The fourth-order valence-electron chi connectivity index (χ4n) is 4.00. The van der Waals surface area contributed by atoms with Crippen molar-refractivity contribution in [3.8, 4) is 0 Å². The minimum Gasteiger partial charge on any atom is -0.326 e. The van der Waals surface area contributed by atoms with Crippen molar-refractivity contribution in [1.29, 1.82) is 0 Å². The molecule has 0 saturated carbocycles. The molecule has 36 heavy (non-hydrogen) atoms. The first-order valence-corrected chi connectivity index (χ1v) is 11.0. The van der Waals surface area contributed by atoms with Crippen LogP contribution in [0.15, 0.2) is 72.1 Å². The Morgan fingerprint density at radius 3 is 2.50 bits per heavy atom. The first-order valence-electron chi connectivity index (χ1n) is 11.0. The van der Waals surface area contributed by atoms with Crippen LogP contribution in [0.1, 0.15) is 29.3 Å². The Bertz CT molecular complexity index is 1280. The fraction of sp³-hybridized carbons (Fsp3) is 0.269. The average Bonchev–Trinajstić information content (AvgIpc) is 2.79. The molecule has 1 aliphatic rings. The Morgan fingerprint density at radius 1 is 1.25 bits per heavy atom. The van der Waals surface area contributed by atoms with E-state index in [2.05, 4.69) is 21.7 Å². The molecule has 0 bridgehead atoms. The van der Waals surface area contributed by atoms with E-state index < -0.39 is 41.8 Å². The quantitative estimate of drug-likeness (QED) is 0.461. The molecular weight excluding hydrogens is 475 g/mol. The third-order valence-electron chi connectivity index (χ3n) is 5.77. The molecular formula is C26H26F3N3O4. The zero-order valence-corrected chi connectivity index (χ0v) is 20.0. The molecule has 0 radical (unpaired) electrons. The lowest BCUT2D eigenvalue weighted by Crippen LogP contribution is -2.54. The van der Waals surface area contributed by atoms with Gasteiger partial charge < -0.3 is 4.98 Å². The predicted octanol–water partition coefficient (Wildman–Crippen LogP) is 4.10. The molecule has 2 unspecified atom stereocenters. The molecule has 190 valence electrons. The molecule has 0 saturated heterocycles. The normalized spacial score (nSPS) is 19.4. The highest BCUT2D eigenvalue weighted by Gasteiger charge is 2.48. The van der Waals surface area contributed by atoms with E-state index in [0.29, 0.717) is 22.4 Å². The number of rotatable bonds is 6. The number of nitrogens with one attached hydrogen (secondary N) is 2. The number of amides is 2. The zero-order valence-electron chi connectivity index (χ0n) is 20.0. The standard InChI is InChI=1S/C26H26F3N3O4/c1-5-22(33)31-32(15-20-16(2)13-17(3)30-23(20)34)24(35)21-14-19(18-9-7-6-8-10-18)11-12-25(21,4)36-26(27,28)29/h5-14,21H,1,15H2,2-4H3,(H,30,34)(H,31,33). The Balaban J connectivity index is 2.09. The first kappa shape index (κ1) is 26.7. The van der Waals surface area contributed by atoms with Crippen molar-refractivity contribution in [2.24, 2.45) is 5.92 Å². The number of ether oxygens (including phenoxy) is 1. The van der Waals surface area contributed by atoms with Crippen molar-refractivity contribution in [2.75, 3.05) is 0 Å². The van der Waals surface area contributed by atoms with Gasteiger partial charge in [-0.1, -0.05) is 55.1 Å². The number of pyridine rings is 1. The summed E-state index contributed by atoms with van der Waals surface area (Å²) in [6.45, 7) is 7.44. The Morgan fingerprint density at radius 2 is 1.92 bits per heavy atom. The second kappa shape index (κ2) is 10.4. The number of benzene rings is 1. The number of hydrazine groups is 1. The number of aromatic amines is 1. The van der Waals surface area contributed by atoms with Crippen LogP contribution < -0.4 is 11.0 Å². The number of carbonyl (C=O) groups excluding carboxylic acids is 2. The van der Waals surface area contributed by atoms with Crippen molar-refractivity contribution in [3.63, 3.8) is 0 Å². The van der Waals surface area contributed by atoms with Crippen LogP contribution in [0.2, 0.25) is 0 Å². The zero-order chi connectivity index (χ0) is 26.7. The van der Waals surface area contributed by atoms with E-state index in [9.17, 15) is 27.6 Å². The predicted molar refractivity (Wildman–Crippen MR) is 128 cm³/mol. The maximum Gasteiger partial charge on any atom is 0.523 e. The highest BCUT2D eigenvalue weighted by atomic mass is 19.4. The number of carbonyl (C=O) groups is 2. The van der Waals surface area contributed by atoms with Gasteiger partial charge in [0.15, 0.2) is 0 Å². The van der Waals surface area contributed by atoms with Crippen LogP contribution in [0, 0.1) is 19.8 Å². The first-order chi connectivity index (χ1) is 16.8. The van der Waals surface area contributed by atoms with E-state index >= 15 is 0 Å². The number of aryl methyl sites for hydroxylation is 2. The van der Waals surface area contributed by atoms with E-state index in [1.807, 2.05) is 0 Å². The van der Waals surface area contributed by atoms with Gasteiger partial charge in [-0.15, -0.1) is 13.2 Å². The van der Waals surface area contributed by atoms with Gasteiger partial charge in [0.1, 0.15) is 5.60 Å². The molecule has 1 aliphatic carbocycles. The summed E-state index contributed by atoms with van der Waals surface area (Å²) in [7, 11) is 0. The van der Waals surface area contributed by atoms with Gasteiger partial charge in [0, 0.05) is 11.3 Å². The summed E-state index contributed by atoms with van der Waals surface area (Å²) in [6.07, 6.45) is -0.155. The van der Waals surface area contributed by atoms with Gasteiger partial charge in [0.25, 0.3) is 17.4 Å². The molecule has 10 heteroatoms. The smallest absolute Gasteiger partial charge is 0.326 e. The van der Waals surface area contributed by atoms with Crippen LogP contribution in [0.4, 0.5) is 13.2 Å². The maximum absolute atomic E-state index is 13.8. The summed E-state index contributed by atoms with van der Waals surface area (Å²) in [5, 5.41) is 0.817. The Labute approximate surface area is 205 Å². The number of hydrogen-bond acceptors (Lipinski definition) is 4. The third-order valence-corrected chi connectivity index (χ3v) is 5.77. The van der Waals surface area contributed by atoms with Crippen LogP contribution in [-0.4, -0.2) is 33.8 Å². The molecule has 3 rings (SSSR count). The second-order valence-electron chi connectivity index (χ2n) is 8.58. The van der Waals surface area contributed by atoms with Gasteiger partial charge in [-0.2, -0.15) is 0 Å². The van der Waals surface area contributed by atoms with Gasteiger partial charge in [0.05, 0.1) is 12.5 Å². The van der Waals surface area contributed by atoms with Crippen LogP contribution in [0.25, 0.3) is 5.57 Å². The van der Waals surface area contributed by atoms with Crippen molar-refractivity contribution in [1.82, 2.24) is 15.4 Å². The molecule has 1 aromatic heterocycles. The number of allylic oxidation sites excluding steroid dienone is 2. The molecule has 1 heterocycles. The summed E-state index contributed by atoms with van der Waals surface area (Å²) in [4.78, 5) is 41.1. The number of halogens is 3. The van der Waals surface area contributed by atoms with Crippen molar-refractivity contribution in [2.45, 2.75) is 39.3 Å². The SMILES string of the molecule is C=CC(=O)NN(Cc1c(C)cc(C)[nH]c1=O)C(=O)C1C=C(c2ccccc2)C=CC1(C)OC(F)(F)F. The highest BCUT2D eigenvalue weighted by Crippen LogP contribution is 2.39. The molecule has 2 aromatic rings. The molecule has 1 aromatic carbocycles. The third kappa shape index (κ3) is 6.19. The van der Waals surface area contributed by atoms with Crippen LogP contribution in [0.3, 0.4) is 0 Å². The van der Waals surface area contributed by atoms with E-state index in [-0.39, 0.29) is 5.56 Å². The van der Waals surface area contributed by atoms with Gasteiger partial charge in [-0.05, 0) is 49.6 Å². The summed E-state index contributed by atoms with van der Waals surface area (Å²) in [5.41, 5.74) is 2.17. The van der Waals surface area contributed by atoms with Gasteiger partial charge in [0.2, 0.25) is 0 Å². The molecule has 0 spiro atoms. The second-order valence-corrected chi connectivity index (χ2v) is 8.58. The summed E-state index contributed by atoms with van der Waals surface area (Å²) in [5.74, 6) is -3.19. The molecule has 2 amide bonds. The van der Waals surface area contributed by atoms with Gasteiger partial charge >= 0.3 is 6.36 Å². The number of alkyl halides is 3. The minimum atomic E-state index is -5.05. The summed E-state index contributed by atoms with van der Waals surface area (Å²) in [6, 6.07) is 10.5. The van der Waals surface area contributed by atoms with E-state index in [0.717, 1.165) is 18.0 Å². The molecule has 2 atom stereocenters. The topological polar surface area (TPSA) is 91.5 Å². The van der Waals surface area contributed by atoms with Crippen molar-refractivity contribution in [3.05, 3.63) is 100 Å². The van der Waals surface area contributed by atoms with Gasteiger partial charge in [-0.3, -0.25) is 24.5 Å². The van der Waals surface area contributed by atoms with Crippen molar-refractivity contribution < 1.29 is 27.5 Å². The van der Waals surface area contributed by atoms with Crippen LogP contribution >= 0.6 is 0 Å². The minimum absolute atomic E-state index is 0.162. The number of aromatic nitrogens is 1. The molecule has 0 fully saturated rings. The average molecular weight is 502 g/mol. The number of H-pyrrole nitrogens is 1. The van der Waals surface area contributed by atoms with E-state index in [1.165, 1.54) is 18.2 Å². The fourth-order valence-corrected chi connectivity index (χ4v) is 4.00. The number of nitrogens with zero attached hydrogens (tertiary/aromatic N) is 1. The summed E-state index contributed by atoms with van der Waals surface area (Å²) >= 11 is 0. The number of hydrogen-bond donors (Lipinski definition) is 2. The monoisotopic (exact) mass is 501 g/mol. The molecule has 2 N–H and O–H groups in total. The molecule has 0 aliphatic heterocycles. The lowest BCUT2D eigenvalue weighted by molar-refractivity contribution is -0.359. The van der Waals surface area contributed by atoms with Gasteiger partial charge in [-0.25, -0.2) is 5.01 Å². The highest BCUT2D eigenvalue weighted by molar-refractivity contribution is 5.92. The van der Waals surface area contributed by atoms with E-state index in [1.54, 1.807) is 50.2 Å². The lowest BCUT2D eigenvalue weighted by atomic mass is 9.80. The Kier molecular flexibility index (Phi) is 7.68. The lowest BCUT2D eigenvalue weighted by Gasteiger charge is -2.38. The van der Waals surface area contributed by atoms with Crippen LogP contribution in [-0.2, 0) is 20.9 Å².